The number of aryl methyl sites for hydroxylation is 1. The van der Waals surface area contributed by atoms with Crippen molar-refractivity contribution in [2.75, 3.05) is 89.7 Å². The maximum Gasteiger partial charge on any atom is 0.306 e. The summed E-state index contributed by atoms with van der Waals surface area (Å²) < 4.78 is 58.2. The minimum atomic E-state index is -4.14. The summed E-state index contributed by atoms with van der Waals surface area (Å²) in [6.07, 6.45) is 0.433. The number of nitrogens with one attached hydrogen (secondary N) is 2. The highest BCUT2D eigenvalue weighted by molar-refractivity contribution is 7.58. The molecule has 7 atom stereocenters. The predicted octanol–water partition coefficient (Wildman–Crippen LogP) is 7.84. The Balaban J connectivity index is 1.60. The van der Waals surface area contributed by atoms with Gasteiger partial charge in [-0.3, -0.25) is 85.9 Å². The molecule has 37 heteroatoms. The molecule has 0 bridgehead atoms. The molecule has 32 nitrogen and oxygen atoms in total. The number of benzene rings is 1. The van der Waals surface area contributed by atoms with Gasteiger partial charge in [0.2, 0.25) is 28.0 Å². The van der Waals surface area contributed by atoms with Crippen LogP contribution in [0.3, 0.4) is 0 Å². The van der Waals surface area contributed by atoms with Crippen LogP contribution in [0.15, 0.2) is 30.5 Å². The number of aromatic nitrogens is 3. The summed E-state index contributed by atoms with van der Waals surface area (Å²) in [5, 5.41) is 69.3. The summed E-state index contributed by atoms with van der Waals surface area (Å²) in [5.74, 6) is -13.5. The molecule has 107 heavy (non-hydrogen) atoms. The van der Waals surface area contributed by atoms with Gasteiger partial charge >= 0.3 is 35.8 Å². The molecule has 0 spiro atoms. The summed E-state index contributed by atoms with van der Waals surface area (Å²) >= 11 is 0. The summed E-state index contributed by atoms with van der Waals surface area (Å²) in [6.45, 7) is 11.4. The van der Waals surface area contributed by atoms with Gasteiger partial charge in [0.1, 0.15) is 23.4 Å². The van der Waals surface area contributed by atoms with E-state index < -0.39 is 206 Å². The molecule has 0 radical (unpaired) electrons. The molecule has 2 aromatic rings. The molecule has 1 aromatic carbocycles. The van der Waals surface area contributed by atoms with Crippen molar-refractivity contribution in [3.8, 4) is 0 Å². The lowest BCUT2D eigenvalue weighted by Gasteiger charge is -2.44. The standard InChI is InChI=1S/C70H114FN8O24P3Si/c1-69(2,3)107(71,70(4,5)6)58-26-21-50(22-27-58)65(91)73-45-59(60(83)44-52(67(94)95)16-10-9-12-19-55(80)18-11-7-8-13-20-61(84)72-32-15-14-17-51(66(92)93)42-57(82)43-53(68(96)97)23-28-62(85)86)79-46-54(74-75-79)24-25-56(81)29-39-104(98,99)47-76-33-35-77(48-105(100,101)40-30-63(87)88)37-38-78(36-34-76)49-106(102,103)41-31-64(89)90/h21-22,26-27,46,51-53,59H,7-20,23-25,28-45,47-49H2,1-6H3,(H,72,84)(H,73,91)(H,85,86)(H,87,88)(H,89,90)(H,92,93)(H,94,95)(H,96,97)(H,98,99)(H,100,101)(H,102,103)/t51-,52-,53-,59-/m1/s1. The molecule has 604 valence electrons. The van der Waals surface area contributed by atoms with Crippen LogP contribution in [0.25, 0.3) is 0 Å². The van der Waals surface area contributed by atoms with Crippen LogP contribution in [0.5, 0.6) is 0 Å². The zero-order valence-corrected chi connectivity index (χ0v) is 66.3. The molecule has 1 fully saturated rings. The number of amides is 2. The van der Waals surface area contributed by atoms with Crippen molar-refractivity contribution in [3.63, 3.8) is 0 Å². The number of ketones is 4. The van der Waals surface area contributed by atoms with Gasteiger partial charge in [0.05, 0.1) is 55.1 Å². The Hall–Kier alpha value is -6.60. The highest BCUT2D eigenvalue weighted by Crippen LogP contribution is 2.51. The van der Waals surface area contributed by atoms with E-state index in [-0.39, 0.29) is 120 Å². The van der Waals surface area contributed by atoms with Gasteiger partial charge in [0.25, 0.3) is 14.3 Å². The number of halogens is 1. The summed E-state index contributed by atoms with van der Waals surface area (Å²) in [4.78, 5) is 186. The van der Waals surface area contributed by atoms with E-state index in [1.54, 1.807) is 26.8 Å². The van der Waals surface area contributed by atoms with E-state index in [1.165, 1.54) is 18.3 Å². The monoisotopic (exact) mass is 1590 g/mol. The third-order valence-electron chi connectivity index (χ3n) is 19.1. The van der Waals surface area contributed by atoms with Crippen molar-refractivity contribution in [1.82, 2.24) is 40.3 Å². The second-order valence-corrected chi connectivity index (χ2v) is 42.4. The predicted molar refractivity (Wildman–Crippen MR) is 396 cm³/mol. The lowest BCUT2D eigenvalue weighted by Crippen LogP contribution is -2.57. The van der Waals surface area contributed by atoms with Crippen molar-refractivity contribution >= 4 is 106 Å². The number of Topliss-reactive ketones (excluding diaryl/α,β-unsaturated/α-hetero) is 4. The van der Waals surface area contributed by atoms with Gasteiger partial charge in [0, 0.05) is 140 Å². The largest absolute Gasteiger partial charge is 0.481 e. The molecule has 0 aliphatic carbocycles. The van der Waals surface area contributed by atoms with Crippen LogP contribution in [-0.2, 0) is 72.9 Å². The molecule has 1 aliphatic rings. The average molecular weight is 1590 g/mol. The Bertz CT molecular complexity index is 3410. The van der Waals surface area contributed by atoms with E-state index in [0.717, 1.165) is 4.68 Å². The van der Waals surface area contributed by atoms with Gasteiger partial charge in [0.15, 0.2) is 5.78 Å². The lowest BCUT2D eigenvalue weighted by atomic mass is 9.90. The van der Waals surface area contributed by atoms with Crippen molar-refractivity contribution in [1.29, 1.82) is 0 Å². The molecule has 2 amide bonds. The minimum Gasteiger partial charge on any atom is -0.481 e. The first kappa shape index (κ1) is 94.6. The van der Waals surface area contributed by atoms with Crippen molar-refractivity contribution < 1.29 is 121 Å². The Labute approximate surface area is 625 Å². The molecule has 3 unspecified atom stereocenters. The number of nitrogens with zero attached hydrogens (tertiary/aromatic N) is 6. The Morgan fingerprint density at radius 3 is 1.36 bits per heavy atom. The molecule has 11 N–H and O–H groups in total. The smallest absolute Gasteiger partial charge is 0.306 e. The molecule has 1 aromatic heterocycles. The fraction of sp³-hybridized carbons (Fsp3) is 0.714. The van der Waals surface area contributed by atoms with E-state index in [4.69, 9.17) is 15.3 Å². The molecular weight excluding hydrogens is 1480 g/mol. The van der Waals surface area contributed by atoms with Crippen LogP contribution < -0.4 is 15.8 Å². The summed E-state index contributed by atoms with van der Waals surface area (Å²) in [6, 6.07) is 4.88. The first-order valence-electron chi connectivity index (χ1n) is 36.6. The topological polar surface area (TPSA) is 503 Å². The number of carboxylic acids is 6. The number of aliphatic carboxylic acids is 6. The van der Waals surface area contributed by atoms with Crippen LogP contribution >= 0.6 is 22.1 Å². The van der Waals surface area contributed by atoms with Gasteiger partial charge < -0.3 is 60.1 Å². The SMILES string of the molecule is CC(C)(C)[Si](F)(c1ccc(C(=O)NC[C@H](C(=O)C[C@@H](CCCCCC(=O)CCCCCCC(=O)NCCCC[C@H](CC(=O)C[C@@H](CCC(=O)O)C(=O)O)C(=O)O)C(=O)O)n2cc(CCC(=O)CCP(=O)(O)CN3CCN(CP(=O)(O)CCC(=O)O)CCN(CP(=O)(O)CCC(=O)O)CC3)nn2)cc1)C(C)(C)C. The second-order valence-electron chi connectivity index (χ2n) is 30.3. The van der Waals surface area contributed by atoms with E-state index >= 15 is 4.11 Å². The number of unbranched alkanes of at least 4 members (excludes halogenated alkanes) is 6. The van der Waals surface area contributed by atoms with Crippen LogP contribution in [0.1, 0.15) is 211 Å². The van der Waals surface area contributed by atoms with E-state index in [1.807, 2.05) is 41.5 Å². The van der Waals surface area contributed by atoms with E-state index in [0.29, 0.717) is 69.4 Å². The van der Waals surface area contributed by atoms with Crippen molar-refractivity contribution in [2.45, 2.75) is 212 Å². The number of rotatable bonds is 54. The molecular formula is C70H114FN8O24P3Si. The van der Waals surface area contributed by atoms with Gasteiger partial charge in [-0.05, 0) is 78.8 Å². The number of carbonyl (C=O) groups is 12. The molecule has 1 aliphatic heterocycles. The quantitative estimate of drug-likeness (QED) is 0.0130. The zero-order valence-electron chi connectivity index (χ0n) is 62.6. The Kier molecular flexibility index (Phi) is 40.2. The maximum absolute atomic E-state index is 17.2. The number of hydrogen-bond donors (Lipinski definition) is 11. The minimum absolute atomic E-state index is 0.0163. The van der Waals surface area contributed by atoms with Crippen molar-refractivity contribution in [3.05, 3.63) is 41.7 Å². The number of carbonyl (C=O) groups excluding carboxylic acids is 6. The summed E-state index contributed by atoms with van der Waals surface area (Å²) in [5.41, 5.74) is 0.369. The highest BCUT2D eigenvalue weighted by Gasteiger charge is 2.56. The third kappa shape index (κ3) is 36.6. The fourth-order valence-corrected chi connectivity index (χ4v) is 22.6. The van der Waals surface area contributed by atoms with Crippen LogP contribution in [0.2, 0.25) is 10.1 Å². The maximum atomic E-state index is 17.2. The van der Waals surface area contributed by atoms with Crippen LogP contribution in [-0.4, -0.2) is 244 Å². The zero-order chi connectivity index (χ0) is 80.5. The van der Waals surface area contributed by atoms with E-state index in [9.17, 15) is 101 Å². The first-order valence-corrected chi connectivity index (χ1v) is 44.6. The lowest BCUT2D eigenvalue weighted by molar-refractivity contribution is -0.146. The highest BCUT2D eigenvalue weighted by atomic mass is 31.2. The van der Waals surface area contributed by atoms with Gasteiger partial charge in [-0.25, -0.2) is 4.68 Å². The fourth-order valence-electron chi connectivity index (χ4n) is 13.1. The normalized spacial score (nSPS) is 16.5. The molecule has 0 saturated carbocycles. The van der Waals surface area contributed by atoms with Gasteiger partial charge in [-0.1, -0.05) is 91.0 Å². The van der Waals surface area contributed by atoms with Gasteiger partial charge in [-0.15, -0.1) is 5.10 Å². The molecule has 2 heterocycles. The Morgan fingerprint density at radius 2 is 0.907 bits per heavy atom. The Morgan fingerprint density at radius 1 is 0.495 bits per heavy atom. The van der Waals surface area contributed by atoms with Gasteiger partial charge in [-0.2, -0.15) is 0 Å². The summed E-state index contributed by atoms with van der Waals surface area (Å²) in [7, 11) is -15.9. The first-order chi connectivity index (χ1) is 49.8. The van der Waals surface area contributed by atoms with Crippen molar-refractivity contribution in [2.24, 2.45) is 17.8 Å². The average Bonchev–Trinajstić information content (AvgIpc) is 1.30. The molecule has 3 rings (SSSR count). The van der Waals surface area contributed by atoms with E-state index in [2.05, 4.69) is 20.9 Å². The van der Waals surface area contributed by atoms with Crippen LogP contribution in [0.4, 0.5) is 4.11 Å². The number of hydrogen-bond acceptors (Lipinski definition) is 20. The molecule has 1 saturated heterocycles. The van der Waals surface area contributed by atoms with Crippen LogP contribution in [0, 0.1) is 17.8 Å². The number of carboxylic acid groups (broad SMARTS) is 6. The third-order valence-corrected chi connectivity index (χ3v) is 29.7. The second kappa shape index (κ2) is 45.5.